The molecule has 2 aromatic carbocycles. The van der Waals surface area contributed by atoms with Gasteiger partial charge in [-0.2, -0.15) is 0 Å². The first-order valence-electron chi connectivity index (χ1n) is 12.2. The van der Waals surface area contributed by atoms with E-state index in [2.05, 4.69) is 30.1 Å². The summed E-state index contributed by atoms with van der Waals surface area (Å²) in [5.74, 6) is 1.07. The number of carbonyl (C=O) groups excluding carboxylic acids is 1. The fourth-order valence-corrected chi connectivity index (χ4v) is 4.99. The molecule has 2 N–H and O–H groups in total. The van der Waals surface area contributed by atoms with E-state index in [-0.39, 0.29) is 12.5 Å². The summed E-state index contributed by atoms with van der Waals surface area (Å²) < 4.78 is 5.66. The van der Waals surface area contributed by atoms with Crippen molar-refractivity contribution < 1.29 is 14.6 Å². The van der Waals surface area contributed by atoms with Gasteiger partial charge < -0.3 is 20.1 Å². The molecule has 180 valence electrons. The number of aliphatic hydroxyl groups is 1. The third-order valence-corrected chi connectivity index (χ3v) is 7.30. The molecule has 34 heavy (non-hydrogen) atoms. The minimum atomic E-state index is -0.971. The highest BCUT2D eigenvalue weighted by molar-refractivity contribution is 5.98. The Kier molecular flexibility index (Phi) is 7.54. The highest BCUT2D eigenvalue weighted by Gasteiger charge is 2.36. The predicted molar refractivity (Wildman–Crippen MR) is 138 cm³/mol. The molecule has 1 amide bonds. The van der Waals surface area contributed by atoms with Crippen LogP contribution in [0.2, 0.25) is 0 Å². The maximum atomic E-state index is 13.3. The number of nitrogens with zero attached hydrogens (tertiary/aromatic N) is 1. The van der Waals surface area contributed by atoms with Crippen molar-refractivity contribution in [2.45, 2.75) is 45.1 Å². The maximum absolute atomic E-state index is 13.3. The second-order valence-electron chi connectivity index (χ2n) is 9.69. The van der Waals surface area contributed by atoms with Gasteiger partial charge in [-0.25, -0.2) is 0 Å². The molecule has 1 saturated heterocycles. The molecule has 0 saturated carbocycles. The molecule has 2 aromatic rings. The Balaban J connectivity index is 1.49. The Morgan fingerprint density at radius 2 is 1.91 bits per heavy atom. The third-order valence-electron chi connectivity index (χ3n) is 7.30. The van der Waals surface area contributed by atoms with Crippen molar-refractivity contribution >= 4 is 17.2 Å². The van der Waals surface area contributed by atoms with Crippen LogP contribution in [0.25, 0.3) is 5.57 Å². The van der Waals surface area contributed by atoms with Crippen LogP contribution in [-0.2, 0) is 4.79 Å². The number of hydrogen-bond acceptors (Lipinski definition) is 4. The standard InChI is InChI=1S/C29H36N2O3/c1-21(2)31-17-13-24(14-18-31)26-19-25(9-10-27(26)34-3)30-28(33)29(20-32)15-11-23(12-16-29)22-7-5-4-6-8-22/h4-12,15,19,21,24,32H,13-14,16-18,20H2,1-3H3,(H,30,33). The van der Waals surface area contributed by atoms with Gasteiger partial charge in [-0.1, -0.05) is 48.6 Å². The Morgan fingerprint density at radius 1 is 1.18 bits per heavy atom. The lowest BCUT2D eigenvalue weighted by atomic mass is 9.78. The number of aliphatic hydroxyl groups excluding tert-OH is 1. The number of piperidine rings is 1. The maximum Gasteiger partial charge on any atom is 0.237 e. The molecule has 1 heterocycles. The molecule has 1 fully saturated rings. The minimum absolute atomic E-state index is 0.194. The van der Waals surface area contributed by atoms with E-state index in [9.17, 15) is 9.90 Å². The van der Waals surface area contributed by atoms with E-state index in [0.29, 0.717) is 18.4 Å². The lowest BCUT2D eigenvalue weighted by molar-refractivity contribution is -0.124. The molecule has 5 heteroatoms. The minimum Gasteiger partial charge on any atom is -0.496 e. The first kappa shape index (κ1) is 24.2. The lowest BCUT2D eigenvalue weighted by Gasteiger charge is -2.35. The highest BCUT2D eigenvalue weighted by atomic mass is 16.5. The normalized spacial score (nSPS) is 21.4. The van der Waals surface area contributed by atoms with E-state index in [1.54, 1.807) is 7.11 Å². The van der Waals surface area contributed by atoms with Crippen LogP contribution in [-0.4, -0.2) is 48.8 Å². The SMILES string of the molecule is COc1ccc(NC(=O)C2(CO)C=CC(c3ccccc3)=CC2)cc1C1CCN(C(C)C)CC1. The molecule has 1 atom stereocenters. The summed E-state index contributed by atoms with van der Waals surface area (Å²) >= 11 is 0. The lowest BCUT2D eigenvalue weighted by Crippen LogP contribution is -2.38. The van der Waals surface area contributed by atoms with E-state index in [1.807, 2.05) is 60.7 Å². The number of methoxy groups -OCH3 is 1. The first-order valence-corrected chi connectivity index (χ1v) is 12.2. The summed E-state index contributed by atoms with van der Waals surface area (Å²) in [5.41, 5.74) is 3.09. The summed E-state index contributed by atoms with van der Waals surface area (Å²) in [6, 6.07) is 16.5. The highest BCUT2D eigenvalue weighted by Crippen LogP contribution is 2.38. The van der Waals surface area contributed by atoms with Crippen LogP contribution in [0.3, 0.4) is 0 Å². The zero-order valence-electron chi connectivity index (χ0n) is 20.5. The van der Waals surface area contributed by atoms with Crippen LogP contribution in [0, 0.1) is 5.41 Å². The van der Waals surface area contributed by atoms with Gasteiger partial charge >= 0.3 is 0 Å². The predicted octanol–water partition coefficient (Wildman–Crippen LogP) is 5.24. The van der Waals surface area contributed by atoms with Crippen LogP contribution in [0.4, 0.5) is 5.69 Å². The zero-order chi connectivity index (χ0) is 24.1. The van der Waals surface area contributed by atoms with Crippen LogP contribution in [0.15, 0.2) is 66.8 Å². The number of allylic oxidation sites excluding steroid dienone is 3. The number of ether oxygens (including phenoxy) is 1. The largest absolute Gasteiger partial charge is 0.496 e. The van der Waals surface area contributed by atoms with Crippen LogP contribution in [0.1, 0.15) is 50.2 Å². The van der Waals surface area contributed by atoms with Gasteiger partial charge in [0.15, 0.2) is 0 Å². The number of likely N-dealkylation sites (tertiary alicyclic amines) is 1. The monoisotopic (exact) mass is 460 g/mol. The van der Waals surface area contributed by atoms with Crippen molar-refractivity contribution in [3.8, 4) is 5.75 Å². The molecule has 1 unspecified atom stereocenters. The van der Waals surface area contributed by atoms with Gasteiger partial charge in [-0.05, 0) is 87.0 Å². The Hall–Kier alpha value is -2.89. The molecule has 0 bridgehead atoms. The summed E-state index contributed by atoms with van der Waals surface area (Å²) in [4.78, 5) is 15.8. The topological polar surface area (TPSA) is 61.8 Å². The van der Waals surface area contributed by atoms with Crippen molar-refractivity contribution in [3.05, 3.63) is 77.9 Å². The van der Waals surface area contributed by atoms with Crippen molar-refractivity contribution in [2.75, 3.05) is 32.1 Å². The average Bonchev–Trinajstić information content (AvgIpc) is 2.89. The van der Waals surface area contributed by atoms with Crippen LogP contribution in [0.5, 0.6) is 5.75 Å². The number of nitrogens with one attached hydrogen (secondary N) is 1. The molecule has 4 rings (SSSR count). The molecule has 5 nitrogen and oxygen atoms in total. The summed E-state index contributed by atoms with van der Waals surface area (Å²) in [7, 11) is 1.70. The first-order chi connectivity index (χ1) is 16.5. The molecule has 0 spiro atoms. The number of amides is 1. The molecule has 0 aromatic heterocycles. The Labute approximate surface area is 203 Å². The van der Waals surface area contributed by atoms with Crippen molar-refractivity contribution in [3.63, 3.8) is 0 Å². The molecule has 1 aliphatic carbocycles. The molecular formula is C29H36N2O3. The molecule has 0 radical (unpaired) electrons. The van der Waals surface area contributed by atoms with Gasteiger partial charge in [-0.15, -0.1) is 0 Å². The number of rotatable bonds is 7. The fourth-order valence-electron chi connectivity index (χ4n) is 4.99. The van der Waals surface area contributed by atoms with Gasteiger partial charge in [0.25, 0.3) is 0 Å². The van der Waals surface area contributed by atoms with E-state index in [4.69, 9.17) is 4.74 Å². The number of benzene rings is 2. The van der Waals surface area contributed by atoms with Crippen LogP contribution < -0.4 is 10.1 Å². The summed E-state index contributed by atoms with van der Waals surface area (Å²) in [6.45, 7) is 6.37. The van der Waals surface area contributed by atoms with Crippen molar-refractivity contribution in [2.24, 2.45) is 5.41 Å². The zero-order valence-corrected chi connectivity index (χ0v) is 20.5. The molecule has 1 aliphatic heterocycles. The van der Waals surface area contributed by atoms with Gasteiger partial charge in [0, 0.05) is 11.7 Å². The van der Waals surface area contributed by atoms with Gasteiger partial charge in [0.05, 0.1) is 19.1 Å². The number of anilines is 1. The fraction of sp³-hybridized carbons (Fsp3) is 0.414. The Morgan fingerprint density at radius 3 is 2.50 bits per heavy atom. The summed E-state index contributed by atoms with van der Waals surface area (Å²) in [6.07, 6.45) is 8.41. The van der Waals surface area contributed by atoms with Crippen LogP contribution >= 0.6 is 0 Å². The smallest absolute Gasteiger partial charge is 0.237 e. The quantitative estimate of drug-likeness (QED) is 0.593. The average molecular weight is 461 g/mol. The van der Waals surface area contributed by atoms with Crippen molar-refractivity contribution in [1.82, 2.24) is 4.90 Å². The summed E-state index contributed by atoms with van der Waals surface area (Å²) in [5, 5.41) is 13.3. The van der Waals surface area contributed by atoms with E-state index >= 15 is 0 Å². The second-order valence-corrected chi connectivity index (χ2v) is 9.69. The van der Waals surface area contributed by atoms with Gasteiger partial charge in [0.1, 0.15) is 5.75 Å². The molecule has 2 aliphatic rings. The Bertz CT molecular complexity index is 1050. The number of carbonyl (C=O) groups is 1. The van der Waals surface area contributed by atoms with E-state index in [0.717, 1.165) is 54.1 Å². The number of hydrogen-bond donors (Lipinski definition) is 2. The van der Waals surface area contributed by atoms with Crippen molar-refractivity contribution in [1.29, 1.82) is 0 Å². The third kappa shape index (κ3) is 5.11. The molecular weight excluding hydrogens is 424 g/mol. The second kappa shape index (κ2) is 10.6. The van der Waals surface area contributed by atoms with Gasteiger partial charge in [0.2, 0.25) is 5.91 Å². The van der Waals surface area contributed by atoms with E-state index in [1.165, 1.54) is 0 Å². The van der Waals surface area contributed by atoms with Gasteiger partial charge in [-0.3, -0.25) is 4.79 Å². The van der Waals surface area contributed by atoms with E-state index < -0.39 is 5.41 Å².